The molecule has 0 atom stereocenters. The summed E-state index contributed by atoms with van der Waals surface area (Å²) in [6.07, 6.45) is -2.99. The molecule has 3 aromatic rings. The van der Waals surface area contributed by atoms with Crippen LogP contribution in [0.4, 0.5) is 28.9 Å². The summed E-state index contributed by atoms with van der Waals surface area (Å²) in [5.74, 6) is -0.534. The van der Waals surface area contributed by atoms with Crippen molar-refractivity contribution in [2.24, 2.45) is 0 Å². The standard InChI is InChI=1S/C21H19F4N3O2/c22-16-9-15-18(10-19(16)27-5-7-30-8-6-27)28(12-17(26)20(15)29)11-13-1-3-14(4-2-13)21(23,24)25/h1-4,9-10,12H,5-8,11,26H2. The third-order valence-corrected chi connectivity index (χ3v) is 5.16. The van der Waals surface area contributed by atoms with Crippen molar-refractivity contribution in [1.82, 2.24) is 4.57 Å². The summed E-state index contributed by atoms with van der Waals surface area (Å²) in [5.41, 5.74) is 5.92. The van der Waals surface area contributed by atoms with E-state index in [2.05, 4.69) is 0 Å². The highest BCUT2D eigenvalue weighted by Crippen LogP contribution is 2.30. The molecule has 9 heteroatoms. The third-order valence-electron chi connectivity index (χ3n) is 5.16. The van der Waals surface area contributed by atoms with E-state index in [1.54, 1.807) is 10.6 Å². The maximum absolute atomic E-state index is 14.8. The van der Waals surface area contributed by atoms with Crippen molar-refractivity contribution < 1.29 is 22.3 Å². The Morgan fingerprint density at radius 2 is 1.73 bits per heavy atom. The van der Waals surface area contributed by atoms with Gasteiger partial charge in [-0.2, -0.15) is 13.2 Å². The Balaban J connectivity index is 1.78. The van der Waals surface area contributed by atoms with Gasteiger partial charge in [-0.1, -0.05) is 12.1 Å². The molecule has 1 saturated heterocycles. The minimum Gasteiger partial charge on any atom is -0.394 e. The molecular formula is C21H19F4N3O2. The monoisotopic (exact) mass is 421 g/mol. The number of nitrogens with zero attached hydrogens (tertiary/aromatic N) is 2. The lowest BCUT2D eigenvalue weighted by molar-refractivity contribution is -0.137. The Morgan fingerprint density at radius 1 is 1.07 bits per heavy atom. The summed E-state index contributed by atoms with van der Waals surface area (Å²) in [4.78, 5) is 14.3. The zero-order chi connectivity index (χ0) is 21.5. The predicted octanol–water partition coefficient (Wildman–Crippen LogP) is 3.63. The highest BCUT2D eigenvalue weighted by atomic mass is 19.4. The number of ether oxygens (including phenoxy) is 1. The molecule has 1 fully saturated rings. The van der Waals surface area contributed by atoms with Crippen LogP contribution in [0.3, 0.4) is 0 Å². The number of benzene rings is 2. The van der Waals surface area contributed by atoms with E-state index in [-0.39, 0.29) is 17.6 Å². The van der Waals surface area contributed by atoms with E-state index in [1.807, 2.05) is 4.90 Å². The van der Waals surface area contributed by atoms with E-state index in [4.69, 9.17) is 10.5 Å². The first kappa shape index (κ1) is 20.2. The van der Waals surface area contributed by atoms with Crippen LogP contribution in [0.1, 0.15) is 11.1 Å². The van der Waals surface area contributed by atoms with Gasteiger partial charge < -0.3 is 19.9 Å². The molecule has 5 nitrogen and oxygen atoms in total. The van der Waals surface area contributed by atoms with E-state index < -0.39 is 23.0 Å². The van der Waals surface area contributed by atoms with E-state index in [9.17, 15) is 22.4 Å². The second-order valence-electron chi connectivity index (χ2n) is 7.16. The first-order chi connectivity index (χ1) is 14.2. The Labute approximate surface area is 169 Å². The largest absolute Gasteiger partial charge is 0.416 e. The first-order valence-corrected chi connectivity index (χ1v) is 9.35. The molecule has 0 unspecified atom stereocenters. The molecule has 0 spiro atoms. The van der Waals surface area contributed by atoms with Crippen molar-refractivity contribution in [3.63, 3.8) is 0 Å². The van der Waals surface area contributed by atoms with Gasteiger partial charge in [-0.25, -0.2) is 4.39 Å². The van der Waals surface area contributed by atoms with Gasteiger partial charge >= 0.3 is 6.18 Å². The van der Waals surface area contributed by atoms with Crippen molar-refractivity contribution in [3.05, 3.63) is 69.8 Å². The molecule has 2 aromatic carbocycles. The number of nitrogens with two attached hydrogens (primary N) is 1. The number of aromatic nitrogens is 1. The van der Waals surface area contributed by atoms with Gasteiger partial charge in [0.1, 0.15) is 5.82 Å². The quantitative estimate of drug-likeness (QED) is 0.657. The summed E-state index contributed by atoms with van der Waals surface area (Å²) in [6, 6.07) is 7.50. The number of alkyl halides is 3. The van der Waals surface area contributed by atoms with Gasteiger partial charge in [-0.05, 0) is 29.8 Å². The van der Waals surface area contributed by atoms with Crippen molar-refractivity contribution in [2.45, 2.75) is 12.7 Å². The van der Waals surface area contributed by atoms with Crippen LogP contribution in [0, 0.1) is 5.82 Å². The van der Waals surface area contributed by atoms with E-state index >= 15 is 0 Å². The number of anilines is 2. The average molecular weight is 421 g/mol. The lowest BCUT2D eigenvalue weighted by Gasteiger charge is -2.29. The lowest BCUT2D eigenvalue weighted by atomic mass is 10.1. The summed E-state index contributed by atoms with van der Waals surface area (Å²) < 4.78 is 60.1. The van der Waals surface area contributed by atoms with Crippen LogP contribution in [-0.4, -0.2) is 30.9 Å². The van der Waals surface area contributed by atoms with Gasteiger partial charge in [0.2, 0.25) is 5.43 Å². The Kier molecular flexibility index (Phi) is 5.15. The minimum absolute atomic E-state index is 0.0621. The van der Waals surface area contributed by atoms with Crippen LogP contribution in [0.15, 0.2) is 47.4 Å². The zero-order valence-corrected chi connectivity index (χ0v) is 15.9. The van der Waals surface area contributed by atoms with E-state index in [0.29, 0.717) is 43.1 Å². The Morgan fingerprint density at radius 3 is 2.37 bits per heavy atom. The summed E-state index contributed by atoms with van der Waals surface area (Å²) in [7, 11) is 0. The number of pyridine rings is 1. The Hall–Kier alpha value is -3.07. The highest BCUT2D eigenvalue weighted by Gasteiger charge is 2.30. The fourth-order valence-electron chi connectivity index (χ4n) is 3.60. The number of hydrogen-bond donors (Lipinski definition) is 1. The molecule has 0 radical (unpaired) electrons. The van der Waals surface area contributed by atoms with Crippen LogP contribution in [0.25, 0.3) is 10.9 Å². The van der Waals surface area contributed by atoms with Gasteiger partial charge in [0.15, 0.2) is 0 Å². The number of morpholine rings is 1. The fraction of sp³-hybridized carbons (Fsp3) is 0.286. The molecular weight excluding hydrogens is 402 g/mol. The van der Waals surface area contributed by atoms with Gasteiger partial charge in [-0.3, -0.25) is 4.79 Å². The first-order valence-electron chi connectivity index (χ1n) is 9.35. The van der Waals surface area contributed by atoms with Gasteiger partial charge in [0.25, 0.3) is 0 Å². The number of halogens is 4. The fourth-order valence-corrected chi connectivity index (χ4v) is 3.60. The summed E-state index contributed by atoms with van der Waals surface area (Å²) in [5, 5.41) is 0.122. The lowest BCUT2D eigenvalue weighted by Crippen LogP contribution is -2.36. The summed E-state index contributed by atoms with van der Waals surface area (Å²) in [6.45, 7) is 2.14. The third kappa shape index (κ3) is 3.85. The van der Waals surface area contributed by atoms with Gasteiger partial charge in [0.05, 0.1) is 41.1 Å². The molecule has 4 rings (SSSR count). The molecule has 0 bridgehead atoms. The minimum atomic E-state index is -4.42. The molecule has 30 heavy (non-hydrogen) atoms. The van der Waals surface area contributed by atoms with Crippen LogP contribution in [-0.2, 0) is 17.5 Å². The molecule has 0 amide bonds. The van der Waals surface area contributed by atoms with Gasteiger partial charge in [0, 0.05) is 25.8 Å². The molecule has 1 aliphatic rings. The predicted molar refractivity (Wildman–Crippen MR) is 106 cm³/mol. The van der Waals surface area contributed by atoms with Crippen molar-refractivity contribution in [2.75, 3.05) is 36.9 Å². The average Bonchev–Trinajstić information content (AvgIpc) is 2.72. The highest BCUT2D eigenvalue weighted by molar-refractivity contribution is 5.85. The van der Waals surface area contributed by atoms with Crippen LogP contribution in [0.5, 0.6) is 0 Å². The number of fused-ring (bicyclic) bond motifs is 1. The van der Waals surface area contributed by atoms with Crippen LogP contribution < -0.4 is 16.1 Å². The molecule has 1 aromatic heterocycles. The van der Waals surface area contributed by atoms with Crippen molar-refractivity contribution in [1.29, 1.82) is 0 Å². The van der Waals surface area contributed by atoms with Crippen LogP contribution >= 0.6 is 0 Å². The van der Waals surface area contributed by atoms with E-state index in [1.165, 1.54) is 24.4 Å². The summed E-state index contributed by atoms with van der Waals surface area (Å²) >= 11 is 0. The number of nitrogen functional groups attached to an aromatic ring is 1. The van der Waals surface area contributed by atoms with Crippen molar-refractivity contribution in [3.8, 4) is 0 Å². The molecule has 1 aliphatic heterocycles. The molecule has 2 N–H and O–H groups in total. The van der Waals surface area contributed by atoms with Gasteiger partial charge in [-0.15, -0.1) is 0 Å². The van der Waals surface area contributed by atoms with E-state index in [0.717, 1.165) is 12.1 Å². The molecule has 158 valence electrons. The smallest absolute Gasteiger partial charge is 0.394 e. The molecule has 2 heterocycles. The Bertz CT molecular complexity index is 1130. The molecule has 0 saturated carbocycles. The zero-order valence-electron chi connectivity index (χ0n) is 15.9. The van der Waals surface area contributed by atoms with Crippen LogP contribution in [0.2, 0.25) is 0 Å². The second-order valence-corrected chi connectivity index (χ2v) is 7.16. The maximum Gasteiger partial charge on any atom is 0.416 e. The molecule has 0 aliphatic carbocycles. The number of rotatable bonds is 3. The van der Waals surface area contributed by atoms with Crippen molar-refractivity contribution >= 4 is 22.3 Å². The SMILES string of the molecule is Nc1cn(Cc2ccc(C(F)(F)F)cc2)c2cc(N3CCOCC3)c(F)cc2c1=O. The topological polar surface area (TPSA) is 60.5 Å². The normalized spacial score (nSPS) is 15.0. The second kappa shape index (κ2) is 7.64. The number of hydrogen-bond acceptors (Lipinski definition) is 4. The maximum atomic E-state index is 14.8.